The number of rotatable bonds is 6. The second-order valence-electron chi connectivity index (χ2n) is 4.30. The molecule has 0 aromatic heterocycles. The molecular formula is C11H20N2O3. The lowest BCUT2D eigenvalue weighted by Gasteiger charge is -2.19. The number of nitrogens with zero attached hydrogens (tertiary/aromatic N) is 1. The maximum atomic E-state index is 11.2. The van der Waals surface area contributed by atoms with Crippen LogP contribution in [0, 0.1) is 11.3 Å². The fourth-order valence-electron chi connectivity index (χ4n) is 0.899. The maximum Gasteiger partial charge on any atom is 0.407 e. The summed E-state index contributed by atoms with van der Waals surface area (Å²) in [5.41, 5.74) is -0.465. The van der Waals surface area contributed by atoms with Gasteiger partial charge < -0.3 is 14.8 Å². The van der Waals surface area contributed by atoms with Crippen molar-refractivity contribution in [2.45, 2.75) is 39.2 Å². The van der Waals surface area contributed by atoms with Gasteiger partial charge in [0.1, 0.15) is 5.60 Å². The molecule has 1 amide bonds. The van der Waals surface area contributed by atoms with Gasteiger partial charge in [-0.15, -0.1) is 0 Å². The number of hydrogen-bond donors (Lipinski definition) is 1. The Morgan fingerprint density at radius 2 is 2.06 bits per heavy atom. The topological polar surface area (TPSA) is 71.3 Å². The van der Waals surface area contributed by atoms with Gasteiger partial charge in [-0.3, -0.25) is 0 Å². The lowest BCUT2D eigenvalue weighted by molar-refractivity contribution is 0.0520. The Morgan fingerprint density at radius 1 is 1.38 bits per heavy atom. The Morgan fingerprint density at radius 3 is 2.62 bits per heavy atom. The second kappa shape index (κ2) is 7.94. The molecule has 0 spiro atoms. The smallest absolute Gasteiger partial charge is 0.407 e. The number of carbonyl (C=O) groups is 1. The van der Waals surface area contributed by atoms with Crippen LogP contribution in [0.5, 0.6) is 0 Å². The molecule has 0 aliphatic carbocycles. The van der Waals surface area contributed by atoms with Crippen molar-refractivity contribution in [3.8, 4) is 6.07 Å². The summed E-state index contributed by atoms with van der Waals surface area (Å²) in [6, 6.07) is 1.99. The molecule has 0 fully saturated rings. The van der Waals surface area contributed by atoms with Crippen LogP contribution in [0.25, 0.3) is 0 Å². The molecule has 0 aromatic rings. The normalized spacial score (nSPS) is 10.6. The number of amides is 1. The van der Waals surface area contributed by atoms with Crippen LogP contribution in [0.4, 0.5) is 4.79 Å². The van der Waals surface area contributed by atoms with Gasteiger partial charge in [-0.2, -0.15) is 5.26 Å². The summed E-state index contributed by atoms with van der Waals surface area (Å²) < 4.78 is 10.2. The molecular weight excluding hydrogens is 208 g/mol. The van der Waals surface area contributed by atoms with Gasteiger partial charge in [0.05, 0.1) is 19.1 Å². The third-order valence-corrected chi connectivity index (χ3v) is 1.49. The van der Waals surface area contributed by atoms with E-state index in [1.807, 2.05) is 26.8 Å². The predicted octanol–water partition coefficient (Wildman–Crippen LogP) is 1.83. The average Bonchev–Trinajstić information content (AvgIpc) is 2.13. The molecule has 92 valence electrons. The van der Waals surface area contributed by atoms with Gasteiger partial charge in [-0.25, -0.2) is 4.79 Å². The van der Waals surface area contributed by atoms with Crippen molar-refractivity contribution in [3.05, 3.63) is 0 Å². The zero-order chi connectivity index (χ0) is 12.4. The Labute approximate surface area is 96.7 Å². The average molecular weight is 228 g/mol. The lowest BCUT2D eigenvalue weighted by Crippen LogP contribution is -2.33. The van der Waals surface area contributed by atoms with E-state index in [0.29, 0.717) is 32.6 Å². The second-order valence-corrected chi connectivity index (χ2v) is 4.30. The first-order valence-electron chi connectivity index (χ1n) is 5.37. The molecule has 0 radical (unpaired) electrons. The molecule has 16 heavy (non-hydrogen) atoms. The first-order valence-corrected chi connectivity index (χ1v) is 5.37. The molecule has 0 heterocycles. The monoisotopic (exact) mass is 228 g/mol. The molecule has 0 saturated heterocycles. The van der Waals surface area contributed by atoms with Gasteiger partial charge in [0.2, 0.25) is 0 Å². The molecule has 0 unspecified atom stereocenters. The summed E-state index contributed by atoms with van der Waals surface area (Å²) in [6.45, 7) is 6.95. The first-order chi connectivity index (χ1) is 7.45. The van der Waals surface area contributed by atoms with Crippen molar-refractivity contribution < 1.29 is 14.3 Å². The minimum atomic E-state index is -0.465. The van der Waals surface area contributed by atoms with Crippen molar-refractivity contribution in [3.63, 3.8) is 0 Å². The fourth-order valence-corrected chi connectivity index (χ4v) is 0.899. The van der Waals surface area contributed by atoms with Crippen LogP contribution in [0.1, 0.15) is 33.6 Å². The van der Waals surface area contributed by atoms with Crippen LogP contribution < -0.4 is 5.32 Å². The lowest BCUT2D eigenvalue weighted by atomic mass is 10.2. The number of ether oxygens (including phenoxy) is 2. The van der Waals surface area contributed by atoms with Crippen molar-refractivity contribution in [1.82, 2.24) is 5.32 Å². The van der Waals surface area contributed by atoms with Gasteiger partial charge in [0.25, 0.3) is 0 Å². The number of carbonyl (C=O) groups excluding carboxylic acids is 1. The highest BCUT2D eigenvalue weighted by atomic mass is 16.6. The van der Waals surface area contributed by atoms with Gasteiger partial charge in [0.15, 0.2) is 0 Å². The molecule has 0 atom stereocenters. The first kappa shape index (κ1) is 14.7. The minimum absolute atomic E-state index is 0.402. The van der Waals surface area contributed by atoms with E-state index in [-0.39, 0.29) is 0 Å². The van der Waals surface area contributed by atoms with E-state index >= 15 is 0 Å². The number of alkyl carbamates (subject to hydrolysis) is 1. The molecule has 0 rings (SSSR count). The van der Waals surface area contributed by atoms with Crippen LogP contribution in [0.2, 0.25) is 0 Å². The van der Waals surface area contributed by atoms with Crippen LogP contribution in [-0.2, 0) is 9.47 Å². The van der Waals surface area contributed by atoms with Crippen LogP contribution in [-0.4, -0.2) is 31.5 Å². The summed E-state index contributed by atoms with van der Waals surface area (Å²) in [5, 5.41) is 10.9. The van der Waals surface area contributed by atoms with E-state index in [4.69, 9.17) is 14.7 Å². The SMILES string of the molecule is CC(C)(C)OC(=O)NCCCOCCC#N. The van der Waals surface area contributed by atoms with E-state index in [1.165, 1.54) is 0 Å². The van der Waals surface area contributed by atoms with Crippen LogP contribution in [0.3, 0.4) is 0 Å². The van der Waals surface area contributed by atoms with Gasteiger partial charge in [-0.05, 0) is 27.2 Å². The highest BCUT2D eigenvalue weighted by molar-refractivity contribution is 5.67. The van der Waals surface area contributed by atoms with Crippen molar-refractivity contribution in [2.24, 2.45) is 0 Å². The van der Waals surface area contributed by atoms with E-state index < -0.39 is 11.7 Å². The zero-order valence-corrected chi connectivity index (χ0v) is 10.2. The van der Waals surface area contributed by atoms with Crippen LogP contribution >= 0.6 is 0 Å². The molecule has 1 N–H and O–H groups in total. The van der Waals surface area contributed by atoms with E-state index in [0.717, 1.165) is 0 Å². The molecule has 0 aromatic carbocycles. The Hall–Kier alpha value is -1.28. The van der Waals surface area contributed by atoms with Gasteiger partial charge in [-0.1, -0.05) is 0 Å². The number of hydrogen-bond acceptors (Lipinski definition) is 4. The molecule has 5 nitrogen and oxygen atoms in total. The quantitative estimate of drug-likeness (QED) is 0.704. The van der Waals surface area contributed by atoms with E-state index in [2.05, 4.69) is 5.32 Å². The molecule has 5 heteroatoms. The summed E-state index contributed by atoms with van der Waals surface area (Å²) in [7, 11) is 0. The van der Waals surface area contributed by atoms with Crippen molar-refractivity contribution >= 4 is 6.09 Å². The Balaban J connectivity index is 3.32. The standard InChI is InChI=1S/C11H20N2O3/c1-11(2,3)16-10(14)13-7-5-9-15-8-4-6-12/h4-5,7-9H2,1-3H3,(H,13,14). The third kappa shape index (κ3) is 10.8. The molecule has 0 saturated carbocycles. The number of nitriles is 1. The summed E-state index contributed by atoms with van der Waals surface area (Å²) in [5.74, 6) is 0. The van der Waals surface area contributed by atoms with Crippen LogP contribution in [0.15, 0.2) is 0 Å². The van der Waals surface area contributed by atoms with Crippen molar-refractivity contribution in [1.29, 1.82) is 5.26 Å². The fraction of sp³-hybridized carbons (Fsp3) is 0.818. The Kier molecular flexibility index (Phi) is 7.31. The predicted molar refractivity (Wildman–Crippen MR) is 59.9 cm³/mol. The zero-order valence-electron chi connectivity index (χ0n) is 10.2. The van der Waals surface area contributed by atoms with E-state index in [9.17, 15) is 4.79 Å². The molecule has 0 bridgehead atoms. The van der Waals surface area contributed by atoms with E-state index in [1.54, 1.807) is 0 Å². The van der Waals surface area contributed by atoms with Gasteiger partial charge in [0, 0.05) is 13.2 Å². The maximum absolute atomic E-state index is 11.2. The summed E-state index contributed by atoms with van der Waals surface area (Å²) >= 11 is 0. The highest BCUT2D eigenvalue weighted by Crippen LogP contribution is 2.06. The third-order valence-electron chi connectivity index (χ3n) is 1.49. The summed E-state index contributed by atoms with van der Waals surface area (Å²) in [4.78, 5) is 11.2. The molecule has 0 aliphatic heterocycles. The summed E-state index contributed by atoms with van der Waals surface area (Å²) in [6.07, 6.45) is 0.703. The largest absolute Gasteiger partial charge is 0.444 e. The minimum Gasteiger partial charge on any atom is -0.444 e. The van der Waals surface area contributed by atoms with Gasteiger partial charge >= 0.3 is 6.09 Å². The van der Waals surface area contributed by atoms with Crippen molar-refractivity contribution in [2.75, 3.05) is 19.8 Å². The Bertz CT molecular complexity index is 241. The highest BCUT2D eigenvalue weighted by Gasteiger charge is 2.15. The number of nitrogens with one attached hydrogen (secondary N) is 1. The molecule has 0 aliphatic rings.